The minimum atomic E-state index is -0.0429. The van der Waals surface area contributed by atoms with Crippen LogP contribution >= 0.6 is 0 Å². The van der Waals surface area contributed by atoms with E-state index >= 15 is 0 Å². The topological polar surface area (TPSA) is 84.9 Å². The fourth-order valence-corrected chi connectivity index (χ4v) is 2.34. The Morgan fingerprint density at radius 3 is 2.53 bits per heavy atom. The first kappa shape index (κ1) is 11.3. The molecule has 0 aliphatic carbocycles. The standard InChI is InChI=1S/C15H13N3O/c1-2-8-5-10(17)7-13-14(8)15(19)11-4-3-9(16)6-12(11)18-13/h2-7H,1,16-17H2,(H,18,19). The molecule has 3 aromatic rings. The molecule has 0 aliphatic rings. The van der Waals surface area contributed by atoms with E-state index in [0.717, 1.165) is 5.56 Å². The quantitative estimate of drug-likeness (QED) is 0.459. The average Bonchev–Trinajstić information content (AvgIpc) is 2.37. The molecule has 0 fully saturated rings. The molecule has 0 spiro atoms. The van der Waals surface area contributed by atoms with Gasteiger partial charge >= 0.3 is 0 Å². The van der Waals surface area contributed by atoms with Crippen LogP contribution < -0.4 is 16.9 Å². The van der Waals surface area contributed by atoms with Gasteiger partial charge in [-0.1, -0.05) is 12.7 Å². The summed E-state index contributed by atoms with van der Waals surface area (Å²) in [4.78, 5) is 15.7. The van der Waals surface area contributed by atoms with E-state index in [1.807, 2.05) is 0 Å². The summed E-state index contributed by atoms with van der Waals surface area (Å²) in [7, 11) is 0. The van der Waals surface area contributed by atoms with E-state index < -0.39 is 0 Å². The second-order valence-electron chi connectivity index (χ2n) is 4.50. The Labute approximate surface area is 109 Å². The Kier molecular flexibility index (Phi) is 2.32. The molecular formula is C15H13N3O. The SMILES string of the molecule is C=Cc1cc(N)cc2[nH]c3cc(N)ccc3c(=O)c12. The smallest absolute Gasteiger partial charge is 0.197 e. The molecule has 1 aromatic heterocycles. The summed E-state index contributed by atoms with van der Waals surface area (Å²) < 4.78 is 0. The molecule has 0 atom stereocenters. The zero-order chi connectivity index (χ0) is 13.6. The molecule has 4 nitrogen and oxygen atoms in total. The lowest BCUT2D eigenvalue weighted by atomic mass is 10.0. The van der Waals surface area contributed by atoms with Crippen molar-refractivity contribution in [2.45, 2.75) is 0 Å². The fourth-order valence-electron chi connectivity index (χ4n) is 2.34. The van der Waals surface area contributed by atoms with Gasteiger partial charge in [0.1, 0.15) is 0 Å². The monoisotopic (exact) mass is 251 g/mol. The van der Waals surface area contributed by atoms with Gasteiger partial charge < -0.3 is 16.5 Å². The van der Waals surface area contributed by atoms with Crippen LogP contribution in [0.4, 0.5) is 11.4 Å². The molecule has 1 heterocycles. The molecule has 0 aliphatic heterocycles. The van der Waals surface area contributed by atoms with Crippen molar-refractivity contribution in [2.75, 3.05) is 11.5 Å². The van der Waals surface area contributed by atoms with Crippen molar-refractivity contribution in [2.24, 2.45) is 0 Å². The van der Waals surface area contributed by atoms with E-state index in [4.69, 9.17) is 11.5 Å². The largest absolute Gasteiger partial charge is 0.399 e. The number of anilines is 2. The number of nitrogens with one attached hydrogen (secondary N) is 1. The highest BCUT2D eigenvalue weighted by molar-refractivity contribution is 5.98. The van der Waals surface area contributed by atoms with Gasteiger partial charge in [0.15, 0.2) is 5.43 Å². The molecule has 0 saturated carbocycles. The summed E-state index contributed by atoms with van der Waals surface area (Å²) in [5.41, 5.74) is 14.8. The Morgan fingerprint density at radius 2 is 1.79 bits per heavy atom. The molecule has 0 amide bonds. The summed E-state index contributed by atoms with van der Waals surface area (Å²) in [5.74, 6) is 0. The number of aromatic nitrogens is 1. The van der Waals surface area contributed by atoms with Crippen molar-refractivity contribution in [1.29, 1.82) is 0 Å². The summed E-state index contributed by atoms with van der Waals surface area (Å²) in [6.45, 7) is 3.73. The number of aromatic amines is 1. The summed E-state index contributed by atoms with van der Waals surface area (Å²) in [5, 5.41) is 1.20. The first-order valence-corrected chi connectivity index (χ1v) is 5.87. The normalized spacial score (nSPS) is 10.9. The van der Waals surface area contributed by atoms with Gasteiger partial charge in [-0.05, 0) is 35.9 Å². The minimum absolute atomic E-state index is 0.0429. The van der Waals surface area contributed by atoms with Gasteiger partial charge in [-0.15, -0.1) is 0 Å². The van der Waals surface area contributed by atoms with Crippen LogP contribution in [0.1, 0.15) is 5.56 Å². The van der Waals surface area contributed by atoms with E-state index in [0.29, 0.717) is 33.2 Å². The maximum absolute atomic E-state index is 12.5. The van der Waals surface area contributed by atoms with E-state index in [1.54, 1.807) is 36.4 Å². The Balaban J connectivity index is 2.61. The summed E-state index contributed by atoms with van der Waals surface area (Å²) in [6, 6.07) is 8.67. The number of hydrogen-bond donors (Lipinski definition) is 3. The first-order valence-electron chi connectivity index (χ1n) is 5.87. The van der Waals surface area contributed by atoms with Gasteiger partial charge in [-0.25, -0.2) is 0 Å². The maximum Gasteiger partial charge on any atom is 0.197 e. The van der Waals surface area contributed by atoms with Gasteiger partial charge in [0.05, 0.1) is 16.4 Å². The van der Waals surface area contributed by atoms with Crippen LogP contribution in [-0.4, -0.2) is 4.98 Å². The van der Waals surface area contributed by atoms with Gasteiger partial charge in [-0.2, -0.15) is 0 Å². The van der Waals surface area contributed by atoms with Crippen molar-refractivity contribution in [3.63, 3.8) is 0 Å². The first-order chi connectivity index (χ1) is 9.10. The molecule has 19 heavy (non-hydrogen) atoms. The Hall–Kier alpha value is -2.75. The molecule has 94 valence electrons. The number of H-pyrrole nitrogens is 1. The van der Waals surface area contributed by atoms with Gasteiger partial charge in [0.25, 0.3) is 0 Å². The van der Waals surface area contributed by atoms with Crippen LogP contribution in [-0.2, 0) is 0 Å². The lowest BCUT2D eigenvalue weighted by molar-refractivity contribution is 1.47. The van der Waals surface area contributed by atoms with Gasteiger partial charge in [0, 0.05) is 16.8 Å². The number of hydrogen-bond acceptors (Lipinski definition) is 3. The molecule has 0 radical (unpaired) electrons. The van der Waals surface area contributed by atoms with Gasteiger partial charge in [-0.3, -0.25) is 4.79 Å². The number of rotatable bonds is 1. The molecule has 5 N–H and O–H groups in total. The lowest BCUT2D eigenvalue weighted by Gasteiger charge is -2.07. The summed E-state index contributed by atoms with van der Waals surface area (Å²) >= 11 is 0. The van der Waals surface area contributed by atoms with Crippen molar-refractivity contribution in [3.8, 4) is 0 Å². The van der Waals surface area contributed by atoms with Crippen LogP contribution in [0.5, 0.6) is 0 Å². The molecule has 0 bridgehead atoms. The van der Waals surface area contributed by atoms with Crippen molar-refractivity contribution in [1.82, 2.24) is 4.98 Å². The zero-order valence-corrected chi connectivity index (χ0v) is 10.2. The van der Waals surface area contributed by atoms with Crippen molar-refractivity contribution < 1.29 is 0 Å². The molecular weight excluding hydrogens is 238 g/mol. The highest BCUT2D eigenvalue weighted by Gasteiger charge is 2.09. The number of pyridine rings is 1. The lowest BCUT2D eigenvalue weighted by Crippen LogP contribution is -2.06. The Morgan fingerprint density at radius 1 is 1.05 bits per heavy atom. The van der Waals surface area contributed by atoms with E-state index in [9.17, 15) is 4.79 Å². The number of nitrogen functional groups attached to an aromatic ring is 2. The van der Waals surface area contributed by atoms with Crippen LogP contribution in [0, 0.1) is 0 Å². The predicted molar refractivity (Wildman–Crippen MR) is 81.0 cm³/mol. The molecule has 3 rings (SSSR count). The fraction of sp³-hybridized carbons (Fsp3) is 0. The highest BCUT2D eigenvalue weighted by atomic mass is 16.1. The molecule has 4 heteroatoms. The molecule has 0 unspecified atom stereocenters. The Bertz CT molecular complexity index is 878. The number of benzene rings is 2. The molecule has 0 saturated heterocycles. The molecule has 2 aromatic carbocycles. The second kappa shape index (κ2) is 3.88. The van der Waals surface area contributed by atoms with Crippen molar-refractivity contribution >= 4 is 39.3 Å². The van der Waals surface area contributed by atoms with Gasteiger partial charge in [0.2, 0.25) is 0 Å². The number of fused-ring (bicyclic) bond motifs is 2. The van der Waals surface area contributed by atoms with Crippen molar-refractivity contribution in [3.05, 3.63) is 52.7 Å². The second-order valence-corrected chi connectivity index (χ2v) is 4.50. The maximum atomic E-state index is 12.5. The van der Waals surface area contributed by atoms with Crippen LogP contribution in [0.3, 0.4) is 0 Å². The van der Waals surface area contributed by atoms with E-state index in [-0.39, 0.29) is 5.43 Å². The average molecular weight is 251 g/mol. The third-order valence-corrected chi connectivity index (χ3v) is 3.20. The summed E-state index contributed by atoms with van der Waals surface area (Å²) in [6.07, 6.45) is 1.64. The predicted octanol–water partition coefficient (Wildman–Crippen LogP) is 2.49. The third-order valence-electron chi connectivity index (χ3n) is 3.20. The van der Waals surface area contributed by atoms with Crippen LogP contribution in [0.25, 0.3) is 27.9 Å². The third kappa shape index (κ3) is 1.65. The van der Waals surface area contributed by atoms with E-state index in [2.05, 4.69) is 11.6 Å². The highest BCUT2D eigenvalue weighted by Crippen LogP contribution is 2.23. The minimum Gasteiger partial charge on any atom is -0.399 e. The number of nitrogens with two attached hydrogens (primary N) is 2. The zero-order valence-electron chi connectivity index (χ0n) is 10.2. The van der Waals surface area contributed by atoms with E-state index in [1.165, 1.54) is 0 Å². The van der Waals surface area contributed by atoms with Crippen LogP contribution in [0.2, 0.25) is 0 Å². The van der Waals surface area contributed by atoms with Crippen LogP contribution in [0.15, 0.2) is 41.7 Å².